The fraction of sp³-hybridized carbons (Fsp3) is 0.444. The molecule has 72 valence electrons. The van der Waals surface area contributed by atoms with E-state index in [0.717, 1.165) is 16.8 Å². The lowest BCUT2D eigenvalue weighted by Crippen LogP contribution is -1.99. The van der Waals surface area contributed by atoms with E-state index in [0.29, 0.717) is 12.3 Å². The Labute approximate surface area is 81.7 Å². The quantitative estimate of drug-likeness (QED) is 0.736. The lowest BCUT2D eigenvalue weighted by Gasteiger charge is -1.97. The van der Waals surface area contributed by atoms with Gasteiger partial charge in [-0.1, -0.05) is 0 Å². The molecule has 0 aliphatic heterocycles. The highest BCUT2D eigenvalue weighted by molar-refractivity contribution is 6.18. The lowest BCUT2D eigenvalue weighted by molar-refractivity contribution is 0.0690. The highest BCUT2D eigenvalue weighted by Gasteiger charge is 2.15. The smallest absolute Gasteiger partial charge is 0.352 e. The van der Waals surface area contributed by atoms with Gasteiger partial charge in [-0.15, -0.1) is 11.6 Å². The highest BCUT2D eigenvalue weighted by atomic mass is 35.5. The fourth-order valence-corrected chi connectivity index (χ4v) is 1.66. The predicted molar refractivity (Wildman–Crippen MR) is 51.7 cm³/mol. The maximum Gasteiger partial charge on any atom is 0.352 e. The van der Waals surface area contributed by atoms with Crippen LogP contribution in [0.4, 0.5) is 0 Å². The van der Waals surface area contributed by atoms with Crippen molar-refractivity contribution in [2.45, 2.75) is 20.3 Å². The number of aryl methyl sites for hydroxylation is 1. The number of hydrogen-bond acceptors (Lipinski definition) is 1. The molecule has 0 aliphatic rings. The van der Waals surface area contributed by atoms with Gasteiger partial charge in [-0.05, 0) is 31.4 Å². The molecular weight excluding hydrogens is 190 g/mol. The van der Waals surface area contributed by atoms with Crippen LogP contribution in [0.1, 0.15) is 27.3 Å². The monoisotopic (exact) mass is 201 g/mol. The largest absolute Gasteiger partial charge is 0.477 e. The molecule has 2 N–H and O–H groups in total. The number of rotatable bonds is 3. The SMILES string of the molecule is Cc1[nH]c(C(=O)O)c(C)c1CCCl. The summed E-state index contributed by atoms with van der Waals surface area (Å²) in [7, 11) is 0. The van der Waals surface area contributed by atoms with Crippen LogP contribution in [0, 0.1) is 13.8 Å². The number of carboxylic acids is 1. The first-order valence-electron chi connectivity index (χ1n) is 4.05. The summed E-state index contributed by atoms with van der Waals surface area (Å²) in [5.74, 6) is -0.403. The summed E-state index contributed by atoms with van der Waals surface area (Å²) in [6.07, 6.45) is 0.711. The van der Waals surface area contributed by atoms with E-state index in [9.17, 15) is 4.79 Å². The molecule has 1 aromatic heterocycles. The van der Waals surface area contributed by atoms with Crippen molar-refractivity contribution in [3.8, 4) is 0 Å². The molecule has 0 fully saturated rings. The van der Waals surface area contributed by atoms with Gasteiger partial charge in [0.2, 0.25) is 0 Å². The first kappa shape index (κ1) is 10.1. The van der Waals surface area contributed by atoms with Gasteiger partial charge in [0.15, 0.2) is 0 Å². The standard InChI is InChI=1S/C9H12ClNO2/c1-5-7(3-4-10)6(2)11-8(5)9(12)13/h11H,3-4H2,1-2H3,(H,12,13). The molecule has 0 spiro atoms. The molecule has 3 nitrogen and oxygen atoms in total. The van der Waals surface area contributed by atoms with Crippen molar-refractivity contribution in [2.75, 3.05) is 5.88 Å². The molecule has 13 heavy (non-hydrogen) atoms. The van der Waals surface area contributed by atoms with Gasteiger partial charge in [0.25, 0.3) is 0 Å². The summed E-state index contributed by atoms with van der Waals surface area (Å²) in [6, 6.07) is 0. The van der Waals surface area contributed by atoms with Gasteiger partial charge in [0.1, 0.15) is 5.69 Å². The Kier molecular flexibility index (Phi) is 2.98. The molecule has 0 aliphatic carbocycles. The topological polar surface area (TPSA) is 53.1 Å². The van der Waals surface area contributed by atoms with Crippen LogP contribution < -0.4 is 0 Å². The normalized spacial score (nSPS) is 10.4. The highest BCUT2D eigenvalue weighted by Crippen LogP contribution is 2.18. The van der Waals surface area contributed by atoms with Crippen LogP contribution in [0.15, 0.2) is 0 Å². The van der Waals surface area contributed by atoms with Crippen molar-refractivity contribution in [2.24, 2.45) is 0 Å². The minimum absolute atomic E-state index is 0.276. The molecule has 0 amide bonds. The summed E-state index contributed by atoms with van der Waals surface area (Å²) in [6.45, 7) is 3.66. The van der Waals surface area contributed by atoms with E-state index in [1.807, 2.05) is 6.92 Å². The summed E-state index contributed by atoms with van der Waals surface area (Å²) >= 11 is 5.61. The molecule has 0 unspecified atom stereocenters. The third-order valence-electron chi connectivity index (χ3n) is 2.15. The Morgan fingerprint density at radius 2 is 2.15 bits per heavy atom. The molecule has 0 saturated heterocycles. The molecule has 1 rings (SSSR count). The Balaban J connectivity index is 3.14. The van der Waals surface area contributed by atoms with E-state index in [1.165, 1.54) is 0 Å². The zero-order valence-corrected chi connectivity index (χ0v) is 8.40. The zero-order valence-electron chi connectivity index (χ0n) is 7.65. The van der Waals surface area contributed by atoms with Crippen LogP contribution >= 0.6 is 11.6 Å². The molecule has 0 aromatic carbocycles. The van der Waals surface area contributed by atoms with Crippen molar-refractivity contribution in [3.05, 3.63) is 22.5 Å². The first-order valence-corrected chi connectivity index (χ1v) is 4.58. The van der Waals surface area contributed by atoms with Crippen LogP contribution in [0.2, 0.25) is 0 Å². The number of H-pyrrole nitrogens is 1. The van der Waals surface area contributed by atoms with E-state index < -0.39 is 5.97 Å². The van der Waals surface area contributed by atoms with Gasteiger partial charge in [0, 0.05) is 11.6 Å². The Hall–Kier alpha value is -0.960. The van der Waals surface area contributed by atoms with Crippen LogP contribution in [-0.2, 0) is 6.42 Å². The second-order valence-corrected chi connectivity index (χ2v) is 3.35. The predicted octanol–water partition coefficient (Wildman–Crippen LogP) is 2.11. The Bertz CT molecular complexity index is 331. The number of aromatic amines is 1. The van der Waals surface area contributed by atoms with Crippen molar-refractivity contribution in [3.63, 3.8) is 0 Å². The Morgan fingerprint density at radius 1 is 1.54 bits per heavy atom. The van der Waals surface area contributed by atoms with Gasteiger partial charge in [-0.3, -0.25) is 0 Å². The number of carboxylic acid groups (broad SMARTS) is 1. The molecule has 4 heteroatoms. The third-order valence-corrected chi connectivity index (χ3v) is 2.34. The second kappa shape index (κ2) is 3.83. The molecule has 1 heterocycles. The van der Waals surface area contributed by atoms with Crippen LogP contribution in [0.5, 0.6) is 0 Å². The van der Waals surface area contributed by atoms with Gasteiger partial charge < -0.3 is 10.1 Å². The van der Waals surface area contributed by atoms with Gasteiger partial charge in [-0.2, -0.15) is 0 Å². The summed E-state index contributed by atoms with van der Waals surface area (Å²) < 4.78 is 0. The van der Waals surface area contributed by atoms with E-state index in [2.05, 4.69) is 4.98 Å². The number of carbonyl (C=O) groups is 1. The summed E-state index contributed by atoms with van der Waals surface area (Å²) in [5, 5.41) is 8.81. The number of halogens is 1. The summed E-state index contributed by atoms with van der Waals surface area (Å²) in [4.78, 5) is 13.6. The molecule has 0 atom stereocenters. The van der Waals surface area contributed by atoms with E-state index in [1.54, 1.807) is 6.92 Å². The Morgan fingerprint density at radius 3 is 2.54 bits per heavy atom. The fourth-order valence-electron chi connectivity index (χ4n) is 1.47. The van der Waals surface area contributed by atoms with Gasteiger partial charge in [-0.25, -0.2) is 4.79 Å². The minimum Gasteiger partial charge on any atom is -0.477 e. The van der Waals surface area contributed by atoms with E-state index >= 15 is 0 Å². The van der Waals surface area contributed by atoms with Crippen molar-refractivity contribution in [1.82, 2.24) is 4.98 Å². The summed E-state index contributed by atoms with van der Waals surface area (Å²) in [5.41, 5.74) is 2.99. The zero-order chi connectivity index (χ0) is 10.0. The van der Waals surface area contributed by atoms with E-state index in [-0.39, 0.29) is 5.69 Å². The number of hydrogen-bond donors (Lipinski definition) is 2. The number of alkyl halides is 1. The minimum atomic E-state index is -0.915. The van der Waals surface area contributed by atoms with Crippen LogP contribution in [0.3, 0.4) is 0 Å². The van der Waals surface area contributed by atoms with Crippen molar-refractivity contribution < 1.29 is 9.90 Å². The maximum absolute atomic E-state index is 10.7. The maximum atomic E-state index is 10.7. The average Bonchev–Trinajstić information content (AvgIpc) is 2.32. The second-order valence-electron chi connectivity index (χ2n) is 2.97. The number of nitrogens with one attached hydrogen (secondary N) is 1. The van der Waals surface area contributed by atoms with Gasteiger partial charge in [0.05, 0.1) is 0 Å². The third kappa shape index (κ3) is 1.86. The first-order chi connectivity index (χ1) is 6.07. The van der Waals surface area contributed by atoms with Crippen molar-refractivity contribution >= 4 is 17.6 Å². The number of aromatic nitrogens is 1. The molecular formula is C9H12ClNO2. The molecule has 0 saturated carbocycles. The molecule has 0 radical (unpaired) electrons. The van der Waals surface area contributed by atoms with E-state index in [4.69, 9.17) is 16.7 Å². The molecule has 0 bridgehead atoms. The van der Waals surface area contributed by atoms with Crippen molar-refractivity contribution in [1.29, 1.82) is 0 Å². The van der Waals surface area contributed by atoms with Gasteiger partial charge >= 0.3 is 5.97 Å². The lowest BCUT2D eigenvalue weighted by atomic mass is 10.1. The number of aromatic carboxylic acids is 1. The molecule has 1 aromatic rings. The van der Waals surface area contributed by atoms with Crippen LogP contribution in [0.25, 0.3) is 0 Å². The average molecular weight is 202 g/mol. The van der Waals surface area contributed by atoms with Crippen LogP contribution in [-0.4, -0.2) is 21.9 Å².